The Morgan fingerprint density at radius 3 is 2.82 bits per heavy atom. The van der Waals surface area contributed by atoms with Crippen LogP contribution in [-0.4, -0.2) is 52.8 Å². The molecule has 1 aliphatic rings. The molecule has 0 aromatic carbocycles. The number of hydrogen-bond acceptors (Lipinski definition) is 4. The average Bonchev–Trinajstić information content (AvgIpc) is 3.15. The first kappa shape index (κ1) is 14.7. The van der Waals surface area contributed by atoms with Crippen molar-refractivity contribution >= 4 is 5.91 Å². The molecule has 1 aliphatic heterocycles. The van der Waals surface area contributed by atoms with Gasteiger partial charge in [0.15, 0.2) is 0 Å². The van der Waals surface area contributed by atoms with Crippen molar-refractivity contribution in [1.29, 1.82) is 0 Å². The normalized spacial score (nSPS) is 21.3. The van der Waals surface area contributed by atoms with E-state index in [1.54, 1.807) is 25.6 Å². The summed E-state index contributed by atoms with van der Waals surface area (Å²) in [7, 11) is 1.70. The smallest absolute Gasteiger partial charge is 0.274 e. The van der Waals surface area contributed by atoms with Gasteiger partial charge in [0.1, 0.15) is 5.69 Å². The highest BCUT2D eigenvalue weighted by atomic mass is 16.5. The number of methoxy groups -OCH3 is 1. The van der Waals surface area contributed by atoms with Gasteiger partial charge in [-0.3, -0.25) is 14.9 Å². The van der Waals surface area contributed by atoms with Gasteiger partial charge in [0.2, 0.25) is 0 Å². The van der Waals surface area contributed by atoms with Gasteiger partial charge in [-0.25, -0.2) is 0 Å². The summed E-state index contributed by atoms with van der Waals surface area (Å²) in [6, 6.07) is 5.81. The molecule has 1 saturated heterocycles. The second kappa shape index (κ2) is 6.27. The van der Waals surface area contributed by atoms with E-state index < -0.39 is 0 Å². The van der Waals surface area contributed by atoms with Gasteiger partial charge in [-0.1, -0.05) is 0 Å². The Morgan fingerprint density at radius 1 is 1.41 bits per heavy atom. The predicted octanol–water partition coefficient (Wildman–Crippen LogP) is 1.62. The molecule has 2 aromatic rings. The molecule has 0 saturated carbocycles. The molecule has 0 spiro atoms. The Labute approximate surface area is 129 Å². The van der Waals surface area contributed by atoms with Crippen LogP contribution in [0.4, 0.5) is 0 Å². The lowest BCUT2D eigenvalue weighted by Gasteiger charge is -2.17. The number of aryl methyl sites for hydroxylation is 1. The largest absolute Gasteiger partial charge is 0.384 e. The maximum absolute atomic E-state index is 12.6. The summed E-state index contributed by atoms with van der Waals surface area (Å²) in [6.07, 6.45) is 3.58. The van der Waals surface area contributed by atoms with E-state index >= 15 is 0 Å². The van der Waals surface area contributed by atoms with Gasteiger partial charge < -0.3 is 9.64 Å². The van der Waals surface area contributed by atoms with Crippen LogP contribution >= 0.6 is 0 Å². The number of aromatic nitrogens is 3. The van der Waals surface area contributed by atoms with E-state index in [1.165, 1.54) is 5.56 Å². The summed E-state index contributed by atoms with van der Waals surface area (Å²) in [5.41, 5.74) is 2.57. The van der Waals surface area contributed by atoms with E-state index in [4.69, 9.17) is 4.74 Å². The molecule has 1 N–H and O–H groups in total. The van der Waals surface area contributed by atoms with Crippen LogP contribution in [0.3, 0.4) is 0 Å². The number of H-pyrrole nitrogens is 1. The fraction of sp³-hybridized carbons (Fsp3) is 0.438. The van der Waals surface area contributed by atoms with Gasteiger partial charge in [-0.2, -0.15) is 5.10 Å². The summed E-state index contributed by atoms with van der Waals surface area (Å²) in [4.78, 5) is 18.5. The van der Waals surface area contributed by atoms with Crippen molar-refractivity contribution in [2.75, 3.05) is 26.8 Å². The molecule has 0 aliphatic carbocycles. The molecule has 3 heterocycles. The number of aromatic amines is 1. The maximum atomic E-state index is 12.6. The highest BCUT2D eigenvalue weighted by molar-refractivity contribution is 5.92. The van der Waals surface area contributed by atoms with E-state index in [1.807, 2.05) is 24.0 Å². The van der Waals surface area contributed by atoms with Crippen molar-refractivity contribution in [3.63, 3.8) is 0 Å². The Balaban J connectivity index is 1.79. The third kappa shape index (κ3) is 2.87. The zero-order chi connectivity index (χ0) is 15.5. The molecule has 116 valence electrons. The summed E-state index contributed by atoms with van der Waals surface area (Å²) in [5.74, 6) is 0.533. The number of amides is 1. The third-order valence-corrected chi connectivity index (χ3v) is 4.17. The Hall–Kier alpha value is -2.21. The van der Waals surface area contributed by atoms with E-state index in [9.17, 15) is 4.79 Å². The molecule has 0 radical (unpaired) electrons. The van der Waals surface area contributed by atoms with Crippen LogP contribution in [-0.2, 0) is 4.74 Å². The first-order valence-corrected chi connectivity index (χ1v) is 7.39. The fourth-order valence-corrected chi connectivity index (χ4v) is 3.10. The SMILES string of the molecule is COC[C@@H]1CN(C(=O)c2cc(C)[nH]n2)C[C@H]1c1ccncc1. The molecule has 0 bridgehead atoms. The van der Waals surface area contributed by atoms with Crippen molar-refractivity contribution in [2.24, 2.45) is 5.92 Å². The van der Waals surface area contributed by atoms with E-state index in [-0.39, 0.29) is 17.7 Å². The minimum absolute atomic E-state index is 0.0259. The fourth-order valence-electron chi connectivity index (χ4n) is 3.10. The van der Waals surface area contributed by atoms with Gasteiger partial charge in [-0.05, 0) is 30.7 Å². The lowest BCUT2D eigenvalue weighted by molar-refractivity contribution is 0.0769. The average molecular weight is 300 g/mol. The van der Waals surface area contributed by atoms with Crippen LogP contribution < -0.4 is 0 Å². The molecule has 1 amide bonds. The lowest BCUT2D eigenvalue weighted by Crippen LogP contribution is -2.29. The zero-order valence-corrected chi connectivity index (χ0v) is 12.8. The number of nitrogens with zero attached hydrogens (tertiary/aromatic N) is 3. The summed E-state index contributed by atoms with van der Waals surface area (Å²) >= 11 is 0. The summed E-state index contributed by atoms with van der Waals surface area (Å²) in [5, 5.41) is 6.89. The van der Waals surface area contributed by atoms with Gasteiger partial charge in [0.25, 0.3) is 5.91 Å². The van der Waals surface area contributed by atoms with Crippen LogP contribution in [0, 0.1) is 12.8 Å². The number of nitrogens with one attached hydrogen (secondary N) is 1. The second-order valence-corrected chi connectivity index (χ2v) is 5.75. The third-order valence-electron chi connectivity index (χ3n) is 4.17. The number of ether oxygens (including phenoxy) is 1. The first-order chi connectivity index (χ1) is 10.7. The zero-order valence-electron chi connectivity index (χ0n) is 12.8. The minimum Gasteiger partial charge on any atom is -0.384 e. The van der Waals surface area contributed by atoms with Gasteiger partial charge in [-0.15, -0.1) is 0 Å². The summed E-state index contributed by atoms with van der Waals surface area (Å²) in [6.45, 7) is 3.89. The van der Waals surface area contributed by atoms with E-state index in [0.29, 0.717) is 25.4 Å². The van der Waals surface area contributed by atoms with Crippen LogP contribution in [0.2, 0.25) is 0 Å². The molecule has 6 nitrogen and oxygen atoms in total. The van der Waals surface area contributed by atoms with Crippen LogP contribution in [0.25, 0.3) is 0 Å². The topological polar surface area (TPSA) is 71.1 Å². The Kier molecular flexibility index (Phi) is 4.20. The van der Waals surface area contributed by atoms with E-state index in [2.05, 4.69) is 15.2 Å². The van der Waals surface area contributed by atoms with Crippen molar-refractivity contribution in [2.45, 2.75) is 12.8 Å². The van der Waals surface area contributed by atoms with Gasteiger partial charge in [0, 0.05) is 50.1 Å². The molecule has 6 heteroatoms. The Bertz CT molecular complexity index is 641. The summed E-state index contributed by atoms with van der Waals surface area (Å²) < 4.78 is 5.34. The molecular formula is C16H20N4O2. The van der Waals surface area contributed by atoms with Crippen molar-refractivity contribution < 1.29 is 9.53 Å². The minimum atomic E-state index is -0.0259. The monoisotopic (exact) mass is 300 g/mol. The second-order valence-electron chi connectivity index (χ2n) is 5.75. The van der Waals surface area contributed by atoms with Gasteiger partial charge >= 0.3 is 0 Å². The predicted molar refractivity (Wildman–Crippen MR) is 81.6 cm³/mol. The van der Waals surface area contributed by atoms with Crippen molar-refractivity contribution in [3.8, 4) is 0 Å². The molecule has 2 atom stereocenters. The van der Waals surface area contributed by atoms with E-state index in [0.717, 1.165) is 5.69 Å². The molecule has 1 fully saturated rings. The number of carbonyl (C=O) groups is 1. The number of rotatable bonds is 4. The number of likely N-dealkylation sites (tertiary alicyclic amines) is 1. The molecular weight excluding hydrogens is 280 g/mol. The van der Waals surface area contributed by atoms with Crippen LogP contribution in [0.1, 0.15) is 27.7 Å². The molecule has 3 rings (SSSR count). The number of hydrogen-bond donors (Lipinski definition) is 1. The van der Waals surface area contributed by atoms with Crippen molar-refractivity contribution in [1.82, 2.24) is 20.1 Å². The van der Waals surface area contributed by atoms with Gasteiger partial charge in [0.05, 0.1) is 6.61 Å². The Morgan fingerprint density at radius 2 is 2.18 bits per heavy atom. The molecule has 2 aromatic heterocycles. The standard InChI is InChI=1S/C16H20N4O2/c1-11-7-15(19-18-11)16(21)20-8-13(10-22-2)14(9-20)12-3-5-17-6-4-12/h3-7,13-14H,8-10H2,1-2H3,(H,18,19)/t13-,14-/m0/s1. The van der Waals surface area contributed by atoms with Crippen LogP contribution in [0.5, 0.6) is 0 Å². The lowest BCUT2D eigenvalue weighted by atomic mass is 9.90. The van der Waals surface area contributed by atoms with Crippen LogP contribution in [0.15, 0.2) is 30.6 Å². The maximum Gasteiger partial charge on any atom is 0.274 e. The quantitative estimate of drug-likeness (QED) is 0.931. The van der Waals surface area contributed by atoms with Crippen molar-refractivity contribution in [3.05, 3.63) is 47.5 Å². The highest BCUT2D eigenvalue weighted by Gasteiger charge is 2.36. The highest BCUT2D eigenvalue weighted by Crippen LogP contribution is 2.33. The molecule has 0 unspecified atom stereocenters. The first-order valence-electron chi connectivity index (χ1n) is 7.39. The number of pyridine rings is 1. The molecule has 22 heavy (non-hydrogen) atoms. The number of carbonyl (C=O) groups excluding carboxylic acids is 1.